The van der Waals surface area contributed by atoms with Crippen molar-refractivity contribution in [2.45, 2.75) is 13.8 Å². The molecular formula is C8H9BrN2. The minimum absolute atomic E-state index is 0.622. The average Bonchev–Trinajstić information content (AvgIpc) is 2.08. The number of nitriles is 1. The van der Waals surface area contributed by atoms with Crippen LogP contribution in [0.4, 0.5) is 0 Å². The Balaban J connectivity index is 0.000000461. The van der Waals surface area contributed by atoms with Crippen LogP contribution in [-0.2, 0) is 0 Å². The van der Waals surface area contributed by atoms with E-state index in [0.717, 1.165) is 0 Å². The van der Waals surface area contributed by atoms with E-state index in [9.17, 15) is 0 Å². The van der Waals surface area contributed by atoms with Gasteiger partial charge in [0.05, 0.1) is 11.6 Å². The van der Waals surface area contributed by atoms with Gasteiger partial charge in [0.25, 0.3) is 0 Å². The predicted molar refractivity (Wildman–Crippen MR) is 48.0 cm³/mol. The lowest BCUT2D eigenvalue weighted by Gasteiger charge is -1.86. The van der Waals surface area contributed by atoms with E-state index in [-0.39, 0.29) is 0 Å². The molecule has 0 amide bonds. The first kappa shape index (κ1) is 10.1. The summed E-state index contributed by atoms with van der Waals surface area (Å²) in [6, 6.07) is 5.32. The van der Waals surface area contributed by atoms with Crippen LogP contribution in [0.2, 0.25) is 0 Å². The van der Waals surface area contributed by atoms with Crippen molar-refractivity contribution in [3.8, 4) is 6.07 Å². The summed E-state index contributed by atoms with van der Waals surface area (Å²) in [6.45, 7) is 4.00. The van der Waals surface area contributed by atoms with E-state index in [4.69, 9.17) is 5.26 Å². The number of halogens is 1. The van der Waals surface area contributed by atoms with Gasteiger partial charge in [-0.05, 0) is 28.1 Å². The van der Waals surface area contributed by atoms with Crippen molar-refractivity contribution in [1.82, 2.24) is 4.98 Å². The van der Waals surface area contributed by atoms with Crippen LogP contribution in [0.1, 0.15) is 19.4 Å². The van der Waals surface area contributed by atoms with Crippen molar-refractivity contribution in [3.05, 3.63) is 28.5 Å². The molecule has 0 aliphatic carbocycles. The second-order valence-corrected chi connectivity index (χ2v) is 2.29. The van der Waals surface area contributed by atoms with Crippen molar-refractivity contribution in [1.29, 1.82) is 5.26 Å². The van der Waals surface area contributed by atoms with Crippen LogP contribution >= 0.6 is 15.9 Å². The molecule has 0 unspecified atom stereocenters. The summed E-state index contributed by atoms with van der Waals surface area (Å²) in [5, 5.41) is 8.36. The largest absolute Gasteiger partial charge is 0.249 e. The smallest absolute Gasteiger partial charge is 0.107 e. The van der Waals surface area contributed by atoms with Gasteiger partial charge in [0.15, 0.2) is 0 Å². The van der Waals surface area contributed by atoms with Gasteiger partial charge in [-0.25, -0.2) is 4.98 Å². The van der Waals surface area contributed by atoms with E-state index in [1.807, 2.05) is 19.9 Å². The molecule has 0 spiro atoms. The molecule has 0 radical (unpaired) electrons. The van der Waals surface area contributed by atoms with Gasteiger partial charge in [0.1, 0.15) is 4.60 Å². The molecule has 0 saturated carbocycles. The van der Waals surface area contributed by atoms with E-state index < -0.39 is 0 Å². The van der Waals surface area contributed by atoms with Crippen LogP contribution < -0.4 is 0 Å². The van der Waals surface area contributed by atoms with Crippen LogP contribution in [0.3, 0.4) is 0 Å². The summed E-state index contributed by atoms with van der Waals surface area (Å²) in [5.41, 5.74) is 0.622. The molecular weight excluding hydrogens is 204 g/mol. The Hall–Kier alpha value is -0.880. The molecule has 1 aromatic heterocycles. The van der Waals surface area contributed by atoms with E-state index in [1.54, 1.807) is 18.3 Å². The zero-order valence-corrected chi connectivity index (χ0v) is 8.09. The van der Waals surface area contributed by atoms with Gasteiger partial charge in [0, 0.05) is 6.20 Å². The summed E-state index contributed by atoms with van der Waals surface area (Å²) < 4.78 is 0.696. The van der Waals surface area contributed by atoms with Crippen molar-refractivity contribution in [2.75, 3.05) is 0 Å². The lowest BCUT2D eigenvalue weighted by atomic mass is 10.3. The van der Waals surface area contributed by atoms with Gasteiger partial charge >= 0.3 is 0 Å². The Kier molecular flexibility index (Phi) is 5.40. The van der Waals surface area contributed by atoms with Gasteiger partial charge in [-0.2, -0.15) is 5.26 Å². The standard InChI is InChI=1S/C6H3BrN2.C2H6/c7-6-3-5(4-8)1-2-9-6;1-2/h1-3H;1-2H3. The van der Waals surface area contributed by atoms with Crippen LogP contribution in [0.15, 0.2) is 22.9 Å². The Morgan fingerprint density at radius 2 is 2.18 bits per heavy atom. The third kappa shape index (κ3) is 3.74. The quantitative estimate of drug-likeness (QED) is 0.621. The minimum Gasteiger partial charge on any atom is -0.249 e. The number of nitrogens with zero attached hydrogens (tertiary/aromatic N) is 2. The number of pyridine rings is 1. The monoisotopic (exact) mass is 212 g/mol. The topological polar surface area (TPSA) is 36.7 Å². The van der Waals surface area contributed by atoms with E-state index in [2.05, 4.69) is 20.9 Å². The zero-order chi connectivity index (χ0) is 8.69. The SMILES string of the molecule is CC.N#Cc1ccnc(Br)c1. The van der Waals surface area contributed by atoms with Crippen molar-refractivity contribution in [2.24, 2.45) is 0 Å². The number of hydrogen-bond acceptors (Lipinski definition) is 2. The van der Waals surface area contributed by atoms with Crippen LogP contribution in [-0.4, -0.2) is 4.98 Å². The molecule has 0 atom stereocenters. The first-order chi connectivity index (χ1) is 5.33. The molecule has 11 heavy (non-hydrogen) atoms. The normalized spacial score (nSPS) is 7.45. The second-order valence-electron chi connectivity index (χ2n) is 1.48. The average molecular weight is 213 g/mol. The fourth-order valence-electron chi connectivity index (χ4n) is 0.472. The van der Waals surface area contributed by atoms with Crippen molar-refractivity contribution >= 4 is 15.9 Å². The summed E-state index contributed by atoms with van der Waals surface area (Å²) in [4.78, 5) is 3.85. The summed E-state index contributed by atoms with van der Waals surface area (Å²) in [6.07, 6.45) is 1.59. The summed E-state index contributed by atoms with van der Waals surface area (Å²) >= 11 is 3.14. The van der Waals surface area contributed by atoms with E-state index in [0.29, 0.717) is 10.2 Å². The molecule has 58 valence electrons. The molecule has 1 aromatic rings. The Labute approximate surface area is 75.0 Å². The molecule has 1 heterocycles. The lowest BCUT2D eigenvalue weighted by Crippen LogP contribution is -1.75. The second kappa shape index (κ2) is 5.87. The highest BCUT2D eigenvalue weighted by atomic mass is 79.9. The molecule has 0 bridgehead atoms. The Bertz CT molecular complexity index is 253. The lowest BCUT2D eigenvalue weighted by molar-refractivity contribution is 1.26. The Morgan fingerprint density at radius 1 is 1.55 bits per heavy atom. The molecule has 0 saturated heterocycles. The fraction of sp³-hybridized carbons (Fsp3) is 0.250. The highest BCUT2D eigenvalue weighted by Gasteiger charge is 1.88. The van der Waals surface area contributed by atoms with E-state index >= 15 is 0 Å². The van der Waals surface area contributed by atoms with Gasteiger partial charge < -0.3 is 0 Å². The summed E-state index contributed by atoms with van der Waals surface area (Å²) in [5.74, 6) is 0. The maximum atomic E-state index is 8.36. The van der Waals surface area contributed by atoms with Crippen molar-refractivity contribution in [3.63, 3.8) is 0 Å². The van der Waals surface area contributed by atoms with Crippen LogP contribution in [0.25, 0.3) is 0 Å². The van der Waals surface area contributed by atoms with Gasteiger partial charge in [-0.15, -0.1) is 0 Å². The maximum absolute atomic E-state index is 8.36. The van der Waals surface area contributed by atoms with Gasteiger partial charge in [-0.1, -0.05) is 13.8 Å². The van der Waals surface area contributed by atoms with Crippen LogP contribution in [0.5, 0.6) is 0 Å². The minimum atomic E-state index is 0.622. The molecule has 3 heteroatoms. The maximum Gasteiger partial charge on any atom is 0.107 e. The van der Waals surface area contributed by atoms with Crippen LogP contribution in [0, 0.1) is 11.3 Å². The highest BCUT2D eigenvalue weighted by Crippen LogP contribution is 2.05. The number of aromatic nitrogens is 1. The molecule has 1 rings (SSSR count). The molecule has 0 aliphatic rings. The third-order valence-corrected chi connectivity index (χ3v) is 1.29. The highest BCUT2D eigenvalue weighted by molar-refractivity contribution is 9.10. The first-order valence-corrected chi connectivity index (χ1v) is 4.14. The number of hydrogen-bond donors (Lipinski definition) is 0. The molecule has 0 aromatic carbocycles. The molecule has 2 nitrogen and oxygen atoms in total. The van der Waals surface area contributed by atoms with Gasteiger partial charge in [-0.3, -0.25) is 0 Å². The van der Waals surface area contributed by atoms with Crippen molar-refractivity contribution < 1.29 is 0 Å². The first-order valence-electron chi connectivity index (χ1n) is 3.34. The third-order valence-electron chi connectivity index (χ3n) is 0.856. The zero-order valence-electron chi connectivity index (χ0n) is 6.50. The summed E-state index contributed by atoms with van der Waals surface area (Å²) in [7, 11) is 0. The Morgan fingerprint density at radius 3 is 2.55 bits per heavy atom. The molecule has 0 N–H and O–H groups in total. The van der Waals surface area contributed by atoms with E-state index in [1.165, 1.54) is 0 Å². The fourth-order valence-corrected chi connectivity index (χ4v) is 0.837. The predicted octanol–water partition coefficient (Wildman–Crippen LogP) is 2.74. The number of rotatable bonds is 0. The molecule has 0 aliphatic heterocycles. The molecule has 0 fully saturated rings. The van der Waals surface area contributed by atoms with Gasteiger partial charge in [0.2, 0.25) is 0 Å².